The maximum absolute atomic E-state index is 13.4. The molecule has 6 nitrogen and oxygen atoms in total. The Labute approximate surface area is 302 Å². The van der Waals surface area contributed by atoms with Crippen LogP contribution in [0.4, 0.5) is 4.79 Å². The van der Waals surface area contributed by atoms with Crippen molar-refractivity contribution in [2.24, 2.45) is 0 Å². The Morgan fingerprint density at radius 3 is 1.73 bits per heavy atom. The molecule has 2 N–H and O–H groups in total. The summed E-state index contributed by atoms with van der Waals surface area (Å²) in [6, 6.07) is 45.3. The Morgan fingerprint density at radius 1 is 0.667 bits per heavy atom. The highest BCUT2D eigenvalue weighted by atomic mass is 16.6. The lowest BCUT2D eigenvalue weighted by Gasteiger charge is -2.37. The zero-order valence-electron chi connectivity index (χ0n) is 30.0. The molecule has 0 radical (unpaired) electrons. The minimum absolute atomic E-state index is 0.0720. The predicted molar refractivity (Wildman–Crippen MR) is 204 cm³/mol. The number of hydrogen-bond acceptors (Lipinski definition) is 5. The van der Waals surface area contributed by atoms with Gasteiger partial charge < -0.3 is 14.8 Å². The topological polar surface area (TPSA) is 76.7 Å². The van der Waals surface area contributed by atoms with Gasteiger partial charge in [-0.1, -0.05) is 139 Å². The zero-order valence-corrected chi connectivity index (χ0v) is 30.0. The predicted octanol–water partition coefficient (Wildman–Crippen LogP) is 9.30. The summed E-state index contributed by atoms with van der Waals surface area (Å²) >= 11 is 0. The van der Waals surface area contributed by atoms with Gasteiger partial charge in [-0.3, -0.25) is 5.32 Å². The summed E-state index contributed by atoms with van der Waals surface area (Å²) in [4.78, 5) is 26.6. The number of carbonyl (C=O) groups is 2. The molecule has 0 saturated carbocycles. The summed E-state index contributed by atoms with van der Waals surface area (Å²) in [6.07, 6.45) is 1.22. The van der Waals surface area contributed by atoms with Crippen LogP contribution in [0.5, 0.6) is 0 Å². The van der Waals surface area contributed by atoms with Crippen molar-refractivity contribution in [2.75, 3.05) is 13.2 Å². The highest BCUT2D eigenvalue weighted by Crippen LogP contribution is 2.44. The molecule has 1 atom stereocenters. The highest BCUT2D eigenvalue weighted by Gasteiger charge is 2.36. The van der Waals surface area contributed by atoms with E-state index in [9.17, 15) is 9.59 Å². The first-order valence-electron chi connectivity index (χ1n) is 17.9. The van der Waals surface area contributed by atoms with E-state index in [4.69, 9.17) is 9.47 Å². The quantitative estimate of drug-likeness (QED) is 0.0737. The Balaban J connectivity index is 1.14. The summed E-state index contributed by atoms with van der Waals surface area (Å²) in [7, 11) is 0. The van der Waals surface area contributed by atoms with Gasteiger partial charge in [-0.05, 0) is 92.4 Å². The number of rotatable bonds is 13. The van der Waals surface area contributed by atoms with E-state index in [-0.39, 0.29) is 12.5 Å². The maximum Gasteiger partial charge on any atom is 0.407 e. The van der Waals surface area contributed by atoms with Crippen LogP contribution in [-0.2, 0) is 19.8 Å². The van der Waals surface area contributed by atoms with Crippen LogP contribution < -0.4 is 10.6 Å². The van der Waals surface area contributed by atoms with E-state index in [0.717, 1.165) is 45.4 Å². The normalized spacial score (nSPS) is 13.2. The number of fused-ring (bicyclic) bond motifs is 3. The van der Waals surface area contributed by atoms with Crippen molar-refractivity contribution in [1.29, 1.82) is 0 Å². The molecule has 1 aliphatic carbocycles. The molecular formula is C45H48N2O4. The Morgan fingerprint density at radius 2 is 1.18 bits per heavy atom. The molecule has 0 saturated heterocycles. The first-order valence-corrected chi connectivity index (χ1v) is 17.9. The molecule has 1 amide bonds. The van der Waals surface area contributed by atoms with Gasteiger partial charge in [0, 0.05) is 5.92 Å². The van der Waals surface area contributed by atoms with Gasteiger partial charge in [0.05, 0.1) is 5.54 Å². The van der Waals surface area contributed by atoms with Gasteiger partial charge >= 0.3 is 12.1 Å². The van der Waals surface area contributed by atoms with Gasteiger partial charge in [0.25, 0.3) is 0 Å². The van der Waals surface area contributed by atoms with E-state index < -0.39 is 29.2 Å². The minimum Gasteiger partial charge on any atom is -0.458 e. The molecule has 6 heteroatoms. The van der Waals surface area contributed by atoms with E-state index in [2.05, 4.69) is 115 Å². The monoisotopic (exact) mass is 680 g/mol. The Bertz CT molecular complexity index is 1830. The standard InChI is InChI=1S/C45H48N2O4/c1-32-26-28-35(29-27-32)45(33-17-7-5-8-18-33,34-19-9-6-10-20-34)46-30-16-15-25-41(42(48)51-44(2,3)4)47-43(49)50-31-40-38-23-13-11-21-36(38)37-22-12-14-24-39(37)40/h5-14,17-24,26-29,40-41,46H,15-16,25,30-31H2,1-4H3,(H,47,49)/t41-/m0/s1. The van der Waals surface area contributed by atoms with Crippen molar-refractivity contribution < 1.29 is 19.1 Å². The number of hydrogen-bond donors (Lipinski definition) is 2. The maximum atomic E-state index is 13.4. The van der Waals surface area contributed by atoms with Gasteiger partial charge in [-0.2, -0.15) is 0 Å². The minimum atomic E-state index is -0.843. The third-order valence-corrected chi connectivity index (χ3v) is 9.53. The average Bonchev–Trinajstić information content (AvgIpc) is 3.46. The first kappa shape index (κ1) is 35.6. The van der Waals surface area contributed by atoms with Crippen molar-refractivity contribution in [3.63, 3.8) is 0 Å². The molecule has 0 aromatic heterocycles. The van der Waals surface area contributed by atoms with E-state index in [1.165, 1.54) is 5.56 Å². The molecule has 5 aromatic rings. The number of alkyl carbamates (subject to hydrolysis) is 1. The number of esters is 1. The van der Waals surface area contributed by atoms with E-state index in [1.54, 1.807) is 0 Å². The lowest BCUT2D eigenvalue weighted by molar-refractivity contribution is -0.157. The lowest BCUT2D eigenvalue weighted by Crippen LogP contribution is -2.46. The van der Waals surface area contributed by atoms with Gasteiger partial charge in [0.15, 0.2) is 0 Å². The van der Waals surface area contributed by atoms with E-state index >= 15 is 0 Å². The first-order chi connectivity index (χ1) is 24.7. The number of aryl methyl sites for hydroxylation is 1. The number of amides is 1. The van der Waals surface area contributed by atoms with Crippen molar-refractivity contribution in [3.8, 4) is 11.1 Å². The summed E-state index contributed by atoms with van der Waals surface area (Å²) in [5.74, 6) is -0.538. The summed E-state index contributed by atoms with van der Waals surface area (Å²) in [6.45, 7) is 8.43. The number of unbranched alkanes of at least 4 members (excludes halogenated alkanes) is 1. The van der Waals surface area contributed by atoms with E-state index in [0.29, 0.717) is 19.4 Å². The second kappa shape index (κ2) is 15.8. The fourth-order valence-electron chi connectivity index (χ4n) is 7.14. The Hall–Kier alpha value is -5.20. The van der Waals surface area contributed by atoms with Crippen LogP contribution in [0.3, 0.4) is 0 Å². The van der Waals surface area contributed by atoms with E-state index in [1.807, 2.05) is 57.2 Å². The van der Waals surface area contributed by atoms with Crippen LogP contribution in [0.2, 0.25) is 0 Å². The largest absolute Gasteiger partial charge is 0.458 e. The third kappa shape index (κ3) is 8.24. The van der Waals surface area contributed by atoms with Gasteiger partial charge in [-0.25, -0.2) is 9.59 Å². The average molecular weight is 681 g/mol. The van der Waals surface area contributed by atoms with Crippen LogP contribution in [0.15, 0.2) is 133 Å². The zero-order chi connectivity index (χ0) is 35.8. The van der Waals surface area contributed by atoms with Crippen LogP contribution in [0.25, 0.3) is 11.1 Å². The Kier molecular flexibility index (Phi) is 11.0. The fourth-order valence-corrected chi connectivity index (χ4v) is 7.14. The number of benzene rings is 5. The molecule has 0 unspecified atom stereocenters. The molecule has 5 aromatic carbocycles. The van der Waals surface area contributed by atoms with Crippen molar-refractivity contribution in [3.05, 3.63) is 167 Å². The van der Waals surface area contributed by atoms with Crippen LogP contribution in [0.1, 0.15) is 79.3 Å². The highest BCUT2D eigenvalue weighted by molar-refractivity contribution is 5.82. The number of ether oxygens (including phenoxy) is 2. The molecule has 0 spiro atoms. The summed E-state index contributed by atoms with van der Waals surface area (Å²) < 4.78 is 11.5. The van der Waals surface area contributed by atoms with Crippen LogP contribution >= 0.6 is 0 Å². The second-order valence-electron chi connectivity index (χ2n) is 14.3. The van der Waals surface area contributed by atoms with Crippen LogP contribution in [0, 0.1) is 6.92 Å². The molecule has 51 heavy (non-hydrogen) atoms. The molecule has 0 heterocycles. The summed E-state index contributed by atoms with van der Waals surface area (Å²) in [5, 5.41) is 6.77. The molecule has 6 rings (SSSR count). The van der Waals surface area contributed by atoms with Crippen molar-refractivity contribution in [2.45, 2.75) is 70.1 Å². The molecule has 262 valence electrons. The second-order valence-corrected chi connectivity index (χ2v) is 14.3. The molecule has 0 fully saturated rings. The van der Waals surface area contributed by atoms with Gasteiger partial charge in [-0.15, -0.1) is 0 Å². The molecule has 1 aliphatic rings. The van der Waals surface area contributed by atoms with Crippen molar-refractivity contribution in [1.82, 2.24) is 10.6 Å². The van der Waals surface area contributed by atoms with Gasteiger partial charge in [0.1, 0.15) is 18.2 Å². The molecule has 0 bridgehead atoms. The number of nitrogens with one attached hydrogen (secondary N) is 2. The molecule has 0 aliphatic heterocycles. The van der Waals surface area contributed by atoms with Crippen LogP contribution in [-0.4, -0.2) is 36.9 Å². The third-order valence-electron chi connectivity index (χ3n) is 9.53. The smallest absolute Gasteiger partial charge is 0.407 e. The number of carbonyl (C=O) groups excluding carboxylic acids is 2. The summed E-state index contributed by atoms with van der Waals surface area (Å²) in [5.41, 5.74) is 7.94. The fraction of sp³-hybridized carbons (Fsp3) is 0.289. The van der Waals surface area contributed by atoms with Crippen molar-refractivity contribution >= 4 is 12.1 Å². The SMILES string of the molecule is Cc1ccc(C(NCCCC[C@H](NC(=O)OCC2c3ccccc3-c3ccccc32)C(=O)OC(C)(C)C)(c2ccccc2)c2ccccc2)cc1. The lowest BCUT2D eigenvalue weighted by atomic mass is 9.76. The van der Waals surface area contributed by atoms with Gasteiger partial charge in [0.2, 0.25) is 0 Å². The molecular weight excluding hydrogens is 633 g/mol.